The molecule has 0 radical (unpaired) electrons. The lowest BCUT2D eigenvalue weighted by molar-refractivity contribution is 0.0209. The quantitative estimate of drug-likeness (QED) is 0.228. The third-order valence-corrected chi connectivity index (χ3v) is 10.5. The Hall–Kier alpha value is -3.83. The number of nitrogens with one attached hydrogen (secondary N) is 1. The summed E-state index contributed by atoms with van der Waals surface area (Å²) in [6.07, 6.45) is 7.75. The Morgan fingerprint density at radius 3 is 2.50 bits per heavy atom. The number of nitrogens with zero attached hydrogens (tertiary/aromatic N) is 6. The lowest BCUT2D eigenvalue weighted by atomic mass is 9.94. The summed E-state index contributed by atoms with van der Waals surface area (Å²) >= 11 is 7.32. The van der Waals surface area contributed by atoms with Crippen LogP contribution in [0.5, 0.6) is 11.8 Å². The summed E-state index contributed by atoms with van der Waals surface area (Å²) in [4.78, 5) is 29.9. The van der Waals surface area contributed by atoms with Crippen molar-refractivity contribution in [1.82, 2.24) is 30.0 Å². The number of anilines is 1. The maximum Gasteiger partial charge on any atom is 0.410 e. The lowest BCUT2D eigenvalue weighted by Gasteiger charge is -2.42. The van der Waals surface area contributed by atoms with Crippen molar-refractivity contribution in [2.45, 2.75) is 96.1 Å². The fourth-order valence-electron chi connectivity index (χ4n) is 7.67. The first-order valence-electron chi connectivity index (χ1n) is 17.3. The number of fused-ring (bicyclic) bond motifs is 4. The molecular formula is C36H44ClN7O4. The number of carbonyl (C=O) groups is 1. The molecule has 2 aromatic carbocycles. The Labute approximate surface area is 285 Å². The molecule has 4 aromatic rings. The number of rotatable bonds is 7. The van der Waals surface area contributed by atoms with Crippen molar-refractivity contribution in [3.8, 4) is 22.9 Å². The van der Waals surface area contributed by atoms with Crippen LogP contribution in [0.4, 0.5) is 10.6 Å². The number of benzene rings is 2. The molecule has 5 heterocycles. The van der Waals surface area contributed by atoms with E-state index in [-0.39, 0.29) is 24.3 Å². The van der Waals surface area contributed by atoms with Gasteiger partial charge in [-0.15, -0.1) is 0 Å². The molecule has 1 N–H and O–H groups in total. The third kappa shape index (κ3) is 5.78. The molecule has 3 saturated heterocycles. The van der Waals surface area contributed by atoms with Gasteiger partial charge in [0.1, 0.15) is 23.5 Å². The smallest absolute Gasteiger partial charge is 0.410 e. The van der Waals surface area contributed by atoms with Gasteiger partial charge in [-0.25, -0.2) is 4.79 Å². The number of amides is 1. The number of aromatic nitrogens is 4. The number of halogens is 1. The van der Waals surface area contributed by atoms with Crippen LogP contribution in [-0.2, 0) is 4.74 Å². The highest BCUT2D eigenvalue weighted by molar-refractivity contribution is 6.35. The molecule has 1 saturated carbocycles. The molecular weight excluding hydrogens is 630 g/mol. The van der Waals surface area contributed by atoms with Gasteiger partial charge in [0.15, 0.2) is 5.75 Å². The van der Waals surface area contributed by atoms with Crippen LogP contribution >= 0.6 is 11.6 Å². The number of likely N-dealkylation sites (tertiary alicyclic amines) is 2. The molecule has 3 atom stereocenters. The van der Waals surface area contributed by atoms with E-state index in [2.05, 4.69) is 40.0 Å². The zero-order chi connectivity index (χ0) is 33.3. The predicted molar refractivity (Wildman–Crippen MR) is 186 cm³/mol. The molecule has 2 bridgehead atoms. The molecule has 254 valence electrons. The van der Waals surface area contributed by atoms with Crippen LogP contribution < -0.4 is 14.4 Å². The van der Waals surface area contributed by atoms with E-state index in [0.29, 0.717) is 48.0 Å². The normalized spacial score (nSPS) is 23.0. The molecule has 1 amide bonds. The van der Waals surface area contributed by atoms with E-state index in [4.69, 9.17) is 35.8 Å². The zero-order valence-corrected chi connectivity index (χ0v) is 29.1. The summed E-state index contributed by atoms with van der Waals surface area (Å²) in [6, 6.07) is 6.89. The van der Waals surface area contributed by atoms with Crippen molar-refractivity contribution in [3.05, 3.63) is 35.0 Å². The maximum absolute atomic E-state index is 13.1. The standard InChI is InChI=1S/C36H44ClN7O4/c1-20-8-13-28-26(16-38-41-28)29(20)30-27(37)15-25-31(32(30)47-24-11-12-24)39-34(46-19-23-7-6-14-42(23)5)40-33(25)44-21-9-10-22(44)18-43(17-21)35(45)48-36(2,3)4/h8,13,15-16,21-24H,6-7,9-12,14,17-19H2,1-5H3,(H,38,41)/t21?,22?,23-/m0/s1. The second-order valence-corrected chi connectivity index (χ2v) is 15.4. The van der Waals surface area contributed by atoms with E-state index < -0.39 is 5.60 Å². The van der Waals surface area contributed by atoms with Gasteiger partial charge < -0.3 is 28.9 Å². The topological polar surface area (TPSA) is 109 Å². The Bertz CT molecular complexity index is 1870. The van der Waals surface area contributed by atoms with Gasteiger partial charge in [0, 0.05) is 53.1 Å². The summed E-state index contributed by atoms with van der Waals surface area (Å²) in [6.45, 7) is 10.5. The number of H-pyrrole nitrogens is 1. The predicted octanol–water partition coefficient (Wildman–Crippen LogP) is 6.74. The van der Waals surface area contributed by atoms with Crippen LogP contribution in [0.25, 0.3) is 32.9 Å². The highest BCUT2D eigenvalue weighted by Crippen LogP contribution is 2.50. The van der Waals surface area contributed by atoms with Gasteiger partial charge >= 0.3 is 12.1 Å². The van der Waals surface area contributed by atoms with Crippen molar-refractivity contribution in [3.63, 3.8) is 0 Å². The Kier molecular flexibility index (Phi) is 7.82. The first kappa shape index (κ1) is 31.4. The third-order valence-electron chi connectivity index (χ3n) is 10.2. The number of hydrogen-bond donors (Lipinski definition) is 1. The Balaban J connectivity index is 1.27. The van der Waals surface area contributed by atoms with Crippen LogP contribution in [0.2, 0.25) is 5.02 Å². The molecule has 48 heavy (non-hydrogen) atoms. The van der Waals surface area contributed by atoms with Crippen LogP contribution in [0.1, 0.15) is 64.9 Å². The monoisotopic (exact) mass is 673 g/mol. The number of aromatic amines is 1. The summed E-state index contributed by atoms with van der Waals surface area (Å²) in [5.74, 6) is 1.43. The van der Waals surface area contributed by atoms with Gasteiger partial charge in [-0.1, -0.05) is 17.7 Å². The van der Waals surface area contributed by atoms with E-state index >= 15 is 0 Å². The Morgan fingerprint density at radius 1 is 1.04 bits per heavy atom. The summed E-state index contributed by atoms with van der Waals surface area (Å²) in [7, 11) is 2.14. The first-order valence-corrected chi connectivity index (χ1v) is 17.6. The molecule has 3 aliphatic heterocycles. The molecule has 8 rings (SSSR count). The van der Waals surface area contributed by atoms with Gasteiger partial charge in [-0.05, 0) is 97.5 Å². The van der Waals surface area contributed by atoms with Crippen molar-refractivity contribution < 1.29 is 19.0 Å². The fourth-order valence-corrected chi connectivity index (χ4v) is 7.96. The molecule has 11 nitrogen and oxygen atoms in total. The van der Waals surface area contributed by atoms with Crippen molar-refractivity contribution >= 4 is 45.3 Å². The number of piperazine rings is 1. The minimum atomic E-state index is -0.554. The van der Waals surface area contributed by atoms with E-state index in [9.17, 15) is 4.79 Å². The van der Waals surface area contributed by atoms with E-state index in [1.54, 1.807) is 0 Å². The van der Waals surface area contributed by atoms with Gasteiger partial charge in [0.2, 0.25) is 0 Å². The molecule has 0 spiro atoms. The number of carbonyl (C=O) groups excluding carboxylic acids is 1. The average Bonchev–Trinajstić information content (AvgIpc) is 3.44. The van der Waals surface area contributed by atoms with Crippen LogP contribution in [-0.4, -0.2) is 99.2 Å². The van der Waals surface area contributed by atoms with Gasteiger partial charge in [-0.2, -0.15) is 15.1 Å². The maximum atomic E-state index is 13.1. The van der Waals surface area contributed by atoms with Crippen molar-refractivity contribution in [2.24, 2.45) is 0 Å². The Morgan fingerprint density at radius 2 is 1.81 bits per heavy atom. The molecule has 4 fully saturated rings. The van der Waals surface area contributed by atoms with Gasteiger partial charge in [0.25, 0.3) is 0 Å². The van der Waals surface area contributed by atoms with Crippen LogP contribution in [0.3, 0.4) is 0 Å². The zero-order valence-electron chi connectivity index (χ0n) is 28.4. The average molecular weight is 674 g/mol. The SMILES string of the molecule is Cc1ccc2[nH]ncc2c1-c1c(Cl)cc2c(N3C4CCC3CN(C(=O)OC(C)(C)C)C4)nc(OC[C@@H]3CCCN3C)nc2c1OC1CC1. The minimum absolute atomic E-state index is 0.0661. The van der Waals surface area contributed by atoms with Gasteiger partial charge in [0.05, 0.1) is 22.8 Å². The first-order chi connectivity index (χ1) is 23.0. The van der Waals surface area contributed by atoms with E-state index in [0.717, 1.165) is 83.9 Å². The number of hydrogen-bond acceptors (Lipinski definition) is 9. The lowest BCUT2D eigenvalue weighted by Crippen LogP contribution is -2.56. The van der Waals surface area contributed by atoms with E-state index in [1.807, 2.05) is 44.0 Å². The van der Waals surface area contributed by atoms with Gasteiger partial charge in [-0.3, -0.25) is 5.10 Å². The molecule has 4 aliphatic rings. The number of likely N-dealkylation sites (N-methyl/N-ethyl adjacent to an activating group) is 1. The molecule has 2 unspecified atom stereocenters. The molecule has 2 aromatic heterocycles. The second kappa shape index (κ2) is 11.9. The summed E-state index contributed by atoms with van der Waals surface area (Å²) in [5.41, 5.74) is 3.92. The second-order valence-electron chi connectivity index (χ2n) is 15.0. The summed E-state index contributed by atoms with van der Waals surface area (Å²) < 4.78 is 19.0. The van der Waals surface area contributed by atoms with Crippen LogP contribution in [0, 0.1) is 6.92 Å². The van der Waals surface area contributed by atoms with Crippen molar-refractivity contribution in [2.75, 3.05) is 38.2 Å². The fraction of sp³-hybridized carbons (Fsp3) is 0.556. The highest BCUT2D eigenvalue weighted by atomic mass is 35.5. The molecule has 12 heteroatoms. The van der Waals surface area contributed by atoms with E-state index in [1.165, 1.54) is 0 Å². The molecule has 1 aliphatic carbocycles. The number of ether oxygens (including phenoxy) is 3. The largest absolute Gasteiger partial charge is 0.487 e. The highest BCUT2D eigenvalue weighted by Gasteiger charge is 2.44. The number of aryl methyl sites for hydroxylation is 1. The minimum Gasteiger partial charge on any atom is -0.487 e. The summed E-state index contributed by atoms with van der Waals surface area (Å²) in [5, 5.41) is 9.82. The van der Waals surface area contributed by atoms with Crippen molar-refractivity contribution in [1.29, 1.82) is 0 Å². The van der Waals surface area contributed by atoms with Crippen LogP contribution in [0.15, 0.2) is 24.4 Å².